The van der Waals surface area contributed by atoms with Crippen LogP contribution in [0.3, 0.4) is 0 Å². The Kier molecular flexibility index (Phi) is 9.84. The lowest BCUT2D eigenvalue weighted by atomic mass is 9.94. The minimum atomic E-state index is -0.805. The number of ether oxygens (including phenoxy) is 2. The molecule has 40 heavy (non-hydrogen) atoms. The number of thioether (sulfide) groups is 1. The van der Waals surface area contributed by atoms with E-state index in [4.69, 9.17) is 40.8 Å². The monoisotopic (exact) mass is 585 g/mol. The normalized spacial score (nSPS) is 22.3. The van der Waals surface area contributed by atoms with Crippen LogP contribution in [0.25, 0.3) is 17.4 Å². The Bertz CT molecular complexity index is 1320. The Morgan fingerprint density at radius 3 is 2.42 bits per heavy atom. The number of aliphatic carboxylic acids is 1. The number of hydrogen-bond acceptors (Lipinski definition) is 9. The van der Waals surface area contributed by atoms with Gasteiger partial charge < -0.3 is 19.0 Å². The fraction of sp³-hybridized carbons (Fsp3) is 0.448. The Morgan fingerprint density at radius 2 is 1.85 bits per heavy atom. The second-order valence-electron chi connectivity index (χ2n) is 10.1. The van der Waals surface area contributed by atoms with Crippen molar-refractivity contribution in [1.82, 2.24) is 4.90 Å². The number of thiocarbonyl (C=S) groups is 1. The van der Waals surface area contributed by atoms with E-state index in [1.807, 2.05) is 23.1 Å². The number of carboxylic acid groups (broad SMARTS) is 1. The molecule has 2 aliphatic carbocycles. The van der Waals surface area contributed by atoms with Gasteiger partial charge in [-0.2, -0.15) is 9.59 Å². The standard InChI is InChI=1S/C28H31NO6S2.CO2/c1-33-20-11-19(12-21(14-20)34-2)23-13-18(5-3-4-6-26(30)31)24(35-23)15-25-27(32)29(28(36)37-25)22-10-16-7-8-17(22)9-16;2-1-3/h11-17,22H,3-10H2,1-2H3,(H,30,31);/b25-15-;. The first-order valence-electron chi connectivity index (χ1n) is 13.1. The molecule has 2 saturated carbocycles. The summed E-state index contributed by atoms with van der Waals surface area (Å²) in [6.45, 7) is 0. The van der Waals surface area contributed by atoms with Gasteiger partial charge in [-0.05, 0) is 74.1 Å². The number of aryl methyl sites for hydroxylation is 1. The van der Waals surface area contributed by atoms with Crippen LogP contribution in [0.2, 0.25) is 0 Å². The van der Waals surface area contributed by atoms with Crippen LogP contribution in [-0.2, 0) is 25.6 Å². The van der Waals surface area contributed by atoms with Crippen molar-refractivity contribution in [3.8, 4) is 22.8 Å². The minimum Gasteiger partial charge on any atom is -0.497 e. The lowest BCUT2D eigenvalue weighted by Crippen LogP contribution is -2.41. The Hall–Kier alpha value is -3.40. The van der Waals surface area contributed by atoms with Gasteiger partial charge in [0.15, 0.2) is 0 Å². The minimum absolute atomic E-state index is 0.0367. The highest BCUT2D eigenvalue weighted by molar-refractivity contribution is 8.26. The van der Waals surface area contributed by atoms with E-state index in [1.165, 1.54) is 31.0 Å². The van der Waals surface area contributed by atoms with Crippen LogP contribution in [0.5, 0.6) is 11.5 Å². The average molecular weight is 586 g/mol. The molecule has 5 rings (SSSR count). The molecular weight excluding hydrogens is 554 g/mol. The second-order valence-corrected chi connectivity index (χ2v) is 11.8. The molecule has 2 aromatic rings. The predicted octanol–water partition coefficient (Wildman–Crippen LogP) is 5.57. The van der Waals surface area contributed by atoms with Crippen molar-refractivity contribution in [3.05, 3.63) is 40.5 Å². The SMILES string of the molecule is COc1cc(OC)cc(-c2cc(CCCCC(=O)O)c(/C=C3\SC(=S)N(C4CC5CCC4C5)C3=O)o2)c1.O=C=O. The maximum Gasteiger partial charge on any atom is 0.373 e. The molecule has 3 fully saturated rings. The molecule has 1 aliphatic heterocycles. The molecule has 1 amide bonds. The third-order valence-corrected chi connectivity index (χ3v) is 9.01. The third kappa shape index (κ3) is 6.66. The van der Waals surface area contributed by atoms with Gasteiger partial charge in [0.25, 0.3) is 5.91 Å². The van der Waals surface area contributed by atoms with Gasteiger partial charge in [0.1, 0.15) is 27.3 Å². The topological polar surface area (TPSA) is 123 Å². The van der Waals surface area contributed by atoms with Crippen molar-refractivity contribution in [3.63, 3.8) is 0 Å². The molecule has 3 atom stereocenters. The number of furan rings is 1. The van der Waals surface area contributed by atoms with Gasteiger partial charge in [-0.3, -0.25) is 14.5 Å². The zero-order chi connectivity index (χ0) is 28.8. The number of hydrogen-bond donors (Lipinski definition) is 1. The summed E-state index contributed by atoms with van der Waals surface area (Å²) in [5.74, 6) is 2.93. The van der Waals surface area contributed by atoms with E-state index in [1.54, 1.807) is 26.4 Å². The highest BCUT2D eigenvalue weighted by atomic mass is 32.2. The van der Waals surface area contributed by atoms with Gasteiger partial charge >= 0.3 is 12.1 Å². The molecule has 2 bridgehead atoms. The van der Waals surface area contributed by atoms with E-state index in [0.29, 0.717) is 63.3 Å². The first kappa shape index (κ1) is 29.6. The first-order chi connectivity index (χ1) is 19.3. The number of carboxylic acids is 1. The molecule has 1 aromatic heterocycles. The van der Waals surface area contributed by atoms with Crippen LogP contribution in [-0.4, -0.2) is 52.6 Å². The van der Waals surface area contributed by atoms with Crippen LogP contribution < -0.4 is 9.47 Å². The summed E-state index contributed by atoms with van der Waals surface area (Å²) >= 11 is 7.00. The molecule has 0 radical (unpaired) electrons. The molecule has 9 nitrogen and oxygen atoms in total. The summed E-state index contributed by atoms with van der Waals surface area (Å²) in [7, 11) is 3.19. The zero-order valence-electron chi connectivity index (χ0n) is 22.3. The lowest BCUT2D eigenvalue weighted by Gasteiger charge is -2.30. The van der Waals surface area contributed by atoms with Gasteiger partial charge in [0.2, 0.25) is 0 Å². The number of carbonyl (C=O) groups is 2. The largest absolute Gasteiger partial charge is 0.497 e. The number of methoxy groups -OCH3 is 2. The lowest BCUT2D eigenvalue weighted by molar-refractivity contribution is -0.191. The van der Waals surface area contributed by atoms with E-state index in [0.717, 1.165) is 17.5 Å². The van der Waals surface area contributed by atoms with Crippen molar-refractivity contribution in [2.75, 3.05) is 14.2 Å². The highest BCUT2D eigenvalue weighted by Crippen LogP contribution is 2.49. The van der Waals surface area contributed by atoms with Crippen LogP contribution in [0.4, 0.5) is 0 Å². The number of nitrogens with zero attached hydrogens (tertiary/aromatic N) is 1. The predicted molar refractivity (Wildman–Crippen MR) is 152 cm³/mol. The molecule has 3 aliphatic rings. The molecule has 3 unspecified atom stereocenters. The average Bonchev–Trinajstić information content (AvgIpc) is 3.71. The maximum atomic E-state index is 13.5. The smallest absolute Gasteiger partial charge is 0.373 e. The van der Waals surface area contributed by atoms with Crippen molar-refractivity contribution in [2.24, 2.45) is 11.8 Å². The fourth-order valence-corrected chi connectivity index (χ4v) is 7.20. The molecule has 1 aromatic carbocycles. The van der Waals surface area contributed by atoms with E-state index < -0.39 is 5.97 Å². The zero-order valence-corrected chi connectivity index (χ0v) is 24.0. The van der Waals surface area contributed by atoms with Crippen molar-refractivity contribution in [1.29, 1.82) is 0 Å². The summed E-state index contributed by atoms with van der Waals surface area (Å²) in [5, 5.41) is 9.01. The summed E-state index contributed by atoms with van der Waals surface area (Å²) in [6, 6.07) is 7.70. The Balaban J connectivity index is 0.00000118. The quantitative estimate of drug-likeness (QED) is 0.215. The molecular formula is C29H31NO8S2. The van der Waals surface area contributed by atoms with E-state index >= 15 is 0 Å². The molecule has 1 saturated heterocycles. The molecule has 0 spiro atoms. The fourth-order valence-electron chi connectivity index (χ4n) is 5.86. The second kappa shape index (κ2) is 13.3. The molecule has 212 valence electrons. The van der Waals surface area contributed by atoms with Crippen molar-refractivity contribution < 1.29 is 38.2 Å². The third-order valence-electron chi connectivity index (χ3n) is 7.68. The van der Waals surface area contributed by atoms with Gasteiger partial charge in [-0.1, -0.05) is 30.4 Å². The summed E-state index contributed by atoms with van der Waals surface area (Å²) in [5.41, 5.74) is 1.71. The van der Waals surface area contributed by atoms with Gasteiger partial charge in [0, 0.05) is 30.2 Å². The maximum absolute atomic E-state index is 13.5. The van der Waals surface area contributed by atoms with Gasteiger partial charge in [-0.15, -0.1) is 0 Å². The Morgan fingerprint density at radius 1 is 1.15 bits per heavy atom. The number of carbonyl (C=O) groups excluding carboxylic acids is 3. The molecule has 2 heterocycles. The summed E-state index contributed by atoms with van der Waals surface area (Å²) in [4.78, 5) is 43.1. The molecule has 1 N–H and O–H groups in total. The van der Waals surface area contributed by atoms with E-state index in [-0.39, 0.29) is 24.5 Å². The first-order valence-corrected chi connectivity index (χ1v) is 14.3. The number of unbranched alkanes of at least 4 members (excludes halogenated alkanes) is 1. The van der Waals surface area contributed by atoms with E-state index in [2.05, 4.69) is 0 Å². The van der Waals surface area contributed by atoms with Crippen LogP contribution in [0.1, 0.15) is 56.3 Å². The van der Waals surface area contributed by atoms with Crippen molar-refractivity contribution in [2.45, 2.75) is 57.4 Å². The van der Waals surface area contributed by atoms with Crippen LogP contribution >= 0.6 is 24.0 Å². The highest BCUT2D eigenvalue weighted by Gasteiger charge is 2.48. The number of benzene rings is 1. The molecule has 11 heteroatoms. The van der Waals surface area contributed by atoms with Crippen LogP contribution in [0.15, 0.2) is 33.6 Å². The van der Waals surface area contributed by atoms with Gasteiger partial charge in [-0.25, -0.2) is 0 Å². The van der Waals surface area contributed by atoms with Crippen LogP contribution in [0, 0.1) is 11.8 Å². The van der Waals surface area contributed by atoms with Gasteiger partial charge in [0.05, 0.1) is 19.1 Å². The number of fused-ring (bicyclic) bond motifs is 2. The Labute approximate surface area is 241 Å². The number of amides is 1. The van der Waals surface area contributed by atoms with E-state index in [9.17, 15) is 9.59 Å². The summed E-state index contributed by atoms with van der Waals surface area (Å²) in [6.07, 6.45) is 8.76. The summed E-state index contributed by atoms with van der Waals surface area (Å²) < 4.78 is 17.8. The van der Waals surface area contributed by atoms with Crippen molar-refractivity contribution >= 4 is 52.4 Å². The number of rotatable bonds is 10.